The van der Waals surface area contributed by atoms with Crippen molar-refractivity contribution in [3.05, 3.63) is 40.9 Å². The molecule has 0 radical (unpaired) electrons. The van der Waals surface area contributed by atoms with Gasteiger partial charge in [0.15, 0.2) is 10.8 Å². The first kappa shape index (κ1) is 18.9. The van der Waals surface area contributed by atoms with E-state index >= 15 is 0 Å². The summed E-state index contributed by atoms with van der Waals surface area (Å²) in [7, 11) is 0. The van der Waals surface area contributed by atoms with Crippen molar-refractivity contribution >= 4 is 39.8 Å². The van der Waals surface area contributed by atoms with Crippen LogP contribution in [0.25, 0.3) is 0 Å². The molecule has 0 unspecified atom stereocenters. The lowest BCUT2D eigenvalue weighted by Crippen LogP contribution is -2.24. The molecule has 1 saturated carbocycles. The van der Waals surface area contributed by atoms with Crippen LogP contribution in [0, 0.1) is 0 Å². The molecule has 1 heterocycles. The first-order valence-electron chi connectivity index (χ1n) is 8.44. The van der Waals surface area contributed by atoms with Crippen molar-refractivity contribution in [2.45, 2.75) is 43.3 Å². The first-order valence-corrected chi connectivity index (χ1v) is 10.5. The van der Waals surface area contributed by atoms with Crippen LogP contribution in [0.2, 0.25) is 0 Å². The quantitative estimate of drug-likeness (QED) is 0.427. The van der Waals surface area contributed by atoms with Gasteiger partial charge in [-0.1, -0.05) is 28.6 Å². The van der Waals surface area contributed by atoms with Crippen molar-refractivity contribution in [1.29, 1.82) is 0 Å². The average Bonchev–Trinajstić information content (AvgIpc) is 3.34. The van der Waals surface area contributed by atoms with E-state index in [1.165, 1.54) is 11.3 Å². The second kappa shape index (κ2) is 9.16. The summed E-state index contributed by atoms with van der Waals surface area (Å²) in [5.41, 5.74) is 0.919. The number of hydrogen-bond acceptors (Lipinski definition) is 7. The maximum absolute atomic E-state index is 12.7. The van der Waals surface area contributed by atoms with Gasteiger partial charge < -0.3 is 9.94 Å². The lowest BCUT2D eigenvalue weighted by molar-refractivity contribution is -0.110. The van der Waals surface area contributed by atoms with Crippen LogP contribution in [0.4, 0.5) is 5.13 Å². The molecule has 138 valence electrons. The molecule has 8 heteroatoms. The molecular weight excluding hydrogens is 370 g/mol. The number of aliphatic hydroxyl groups excluding tert-OH is 1. The van der Waals surface area contributed by atoms with Gasteiger partial charge in [0.1, 0.15) is 6.10 Å². The van der Waals surface area contributed by atoms with Crippen LogP contribution in [-0.4, -0.2) is 34.1 Å². The molecule has 0 aliphatic heterocycles. The summed E-state index contributed by atoms with van der Waals surface area (Å²) >= 11 is 2.87. The molecule has 26 heavy (non-hydrogen) atoms. The van der Waals surface area contributed by atoms with E-state index in [1.807, 2.05) is 30.5 Å². The summed E-state index contributed by atoms with van der Waals surface area (Å²) in [6.07, 6.45) is 7.82. The van der Waals surface area contributed by atoms with Gasteiger partial charge in [-0.15, -0.1) is 11.8 Å². The van der Waals surface area contributed by atoms with Crippen molar-refractivity contribution in [1.82, 2.24) is 4.98 Å². The van der Waals surface area contributed by atoms with Gasteiger partial charge in [0.05, 0.1) is 11.5 Å². The number of oxime groups is 1. The number of carbonyl (C=O) groups is 1. The smallest absolute Gasteiger partial charge is 0.280 e. The second-order valence-corrected chi connectivity index (χ2v) is 7.92. The Morgan fingerprint density at radius 3 is 2.73 bits per heavy atom. The Bertz CT molecular complexity index is 768. The predicted octanol–water partition coefficient (Wildman–Crippen LogP) is 3.66. The number of thioether (sulfide) groups is 1. The average molecular weight is 392 g/mol. The summed E-state index contributed by atoms with van der Waals surface area (Å²) in [6.45, 7) is -0.102. The minimum absolute atomic E-state index is 0.0733. The van der Waals surface area contributed by atoms with E-state index in [9.17, 15) is 4.79 Å². The third-order valence-electron chi connectivity index (χ3n) is 4.10. The fourth-order valence-corrected chi connectivity index (χ4v) is 3.77. The van der Waals surface area contributed by atoms with Gasteiger partial charge in [0, 0.05) is 16.7 Å². The molecule has 1 aliphatic carbocycles. The Kier molecular flexibility index (Phi) is 6.65. The Hall–Kier alpha value is -1.90. The number of nitrogens with one attached hydrogen (secondary N) is 1. The number of anilines is 1. The molecule has 6 nitrogen and oxygen atoms in total. The number of nitrogens with zero attached hydrogens (tertiary/aromatic N) is 2. The zero-order valence-electron chi connectivity index (χ0n) is 14.5. The Labute approximate surface area is 160 Å². The molecule has 0 atom stereocenters. The third kappa shape index (κ3) is 4.84. The molecule has 2 N–H and O–H groups in total. The van der Waals surface area contributed by atoms with E-state index in [4.69, 9.17) is 9.94 Å². The third-order valence-corrected chi connectivity index (χ3v) is 5.74. The van der Waals surface area contributed by atoms with Gasteiger partial charge in [0.25, 0.3) is 5.91 Å². The van der Waals surface area contributed by atoms with Gasteiger partial charge in [-0.05, 0) is 44.1 Å². The Balaban J connectivity index is 1.80. The largest absolute Gasteiger partial charge is 0.392 e. The molecule has 3 rings (SSSR count). The number of aromatic nitrogens is 1. The maximum Gasteiger partial charge on any atom is 0.280 e. The molecule has 1 fully saturated rings. The SMILES string of the molecule is CSc1ccc(/C(=N\OC2CCCC2)C(=O)Nc2ncc(CO)s2)cc1. The highest BCUT2D eigenvalue weighted by molar-refractivity contribution is 7.98. The van der Waals surface area contributed by atoms with Crippen molar-refractivity contribution < 1.29 is 14.7 Å². The van der Waals surface area contributed by atoms with Crippen LogP contribution < -0.4 is 5.32 Å². The van der Waals surface area contributed by atoms with Crippen LogP contribution in [0.15, 0.2) is 40.5 Å². The standard InChI is InChI=1S/C18H21N3O3S2/c1-25-14-8-6-12(7-9-14)16(21-24-13-4-2-3-5-13)17(23)20-18-19-10-15(11-22)26-18/h6-10,13,22H,2-5,11H2,1H3,(H,19,20,23)/b21-16+. The van der Waals surface area contributed by atoms with Gasteiger partial charge in [-0.2, -0.15) is 0 Å². The van der Waals surface area contributed by atoms with Gasteiger partial charge in [-0.25, -0.2) is 4.98 Å². The number of benzene rings is 1. The van der Waals surface area contributed by atoms with Crippen molar-refractivity contribution in [3.63, 3.8) is 0 Å². The summed E-state index contributed by atoms with van der Waals surface area (Å²) in [4.78, 5) is 24.3. The van der Waals surface area contributed by atoms with Gasteiger partial charge in [0.2, 0.25) is 0 Å². The lowest BCUT2D eigenvalue weighted by Gasteiger charge is -2.10. The zero-order valence-corrected chi connectivity index (χ0v) is 16.1. The number of amides is 1. The molecule has 1 aliphatic rings. The number of hydrogen-bond donors (Lipinski definition) is 2. The van der Waals surface area contributed by atoms with Crippen LogP contribution in [0.1, 0.15) is 36.1 Å². The van der Waals surface area contributed by atoms with E-state index in [0.29, 0.717) is 15.6 Å². The fraction of sp³-hybridized carbons (Fsp3) is 0.389. The molecule has 0 bridgehead atoms. The molecular formula is C18H21N3O3S2. The second-order valence-electron chi connectivity index (χ2n) is 5.92. The minimum atomic E-state index is -0.376. The van der Waals surface area contributed by atoms with Crippen LogP contribution in [0.5, 0.6) is 0 Å². The van der Waals surface area contributed by atoms with Crippen molar-refractivity contribution in [2.24, 2.45) is 5.16 Å². The molecule has 1 aromatic heterocycles. The van der Waals surface area contributed by atoms with Crippen molar-refractivity contribution in [3.8, 4) is 0 Å². The molecule has 1 aromatic carbocycles. The molecule has 0 spiro atoms. The summed E-state index contributed by atoms with van der Waals surface area (Å²) in [5, 5.41) is 16.5. The van der Waals surface area contributed by atoms with E-state index in [-0.39, 0.29) is 24.3 Å². The Morgan fingerprint density at radius 2 is 2.12 bits per heavy atom. The molecule has 0 saturated heterocycles. The fourth-order valence-electron chi connectivity index (χ4n) is 2.69. The number of rotatable bonds is 7. The monoisotopic (exact) mass is 391 g/mol. The van der Waals surface area contributed by atoms with E-state index < -0.39 is 0 Å². The van der Waals surface area contributed by atoms with E-state index in [1.54, 1.807) is 18.0 Å². The van der Waals surface area contributed by atoms with Gasteiger partial charge in [-0.3, -0.25) is 10.1 Å². The predicted molar refractivity (Wildman–Crippen MR) is 105 cm³/mol. The molecule has 1 amide bonds. The summed E-state index contributed by atoms with van der Waals surface area (Å²) in [5.74, 6) is -0.376. The number of carbonyl (C=O) groups excluding carboxylic acids is 1. The van der Waals surface area contributed by atoms with E-state index in [2.05, 4.69) is 15.5 Å². The molecule has 2 aromatic rings. The van der Waals surface area contributed by atoms with Crippen molar-refractivity contribution in [2.75, 3.05) is 11.6 Å². The Morgan fingerprint density at radius 1 is 1.38 bits per heavy atom. The normalized spacial score (nSPS) is 15.2. The highest BCUT2D eigenvalue weighted by atomic mass is 32.2. The summed E-state index contributed by atoms with van der Waals surface area (Å²) in [6, 6.07) is 7.63. The highest BCUT2D eigenvalue weighted by Crippen LogP contribution is 2.22. The zero-order chi connectivity index (χ0) is 18.4. The highest BCUT2D eigenvalue weighted by Gasteiger charge is 2.20. The van der Waals surface area contributed by atoms with Crippen LogP contribution >= 0.6 is 23.1 Å². The topological polar surface area (TPSA) is 83.8 Å². The number of thiazole rings is 1. The van der Waals surface area contributed by atoms with Crippen LogP contribution in [0.3, 0.4) is 0 Å². The first-order chi connectivity index (χ1) is 12.7. The van der Waals surface area contributed by atoms with E-state index in [0.717, 1.165) is 30.6 Å². The lowest BCUT2D eigenvalue weighted by atomic mass is 10.1. The maximum atomic E-state index is 12.7. The van der Waals surface area contributed by atoms with Gasteiger partial charge >= 0.3 is 0 Å². The summed E-state index contributed by atoms with van der Waals surface area (Å²) < 4.78 is 0. The minimum Gasteiger partial charge on any atom is -0.392 e. The number of aliphatic hydroxyl groups is 1. The van der Waals surface area contributed by atoms with Crippen LogP contribution in [-0.2, 0) is 16.2 Å².